The Labute approximate surface area is 103 Å². The predicted octanol–water partition coefficient (Wildman–Crippen LogP) is 4.38. The van der Waals surface area contributed by atoms with Crippen molar-refractivity contribution in [2.75, 3.05) is 5.73 Å². The van der Waals surface area contributed by atoms with Crippen LogP contribution in [0.15, 0.2) is 36.4 Å². The lowest BCUT2D eigenvalue weighted by atomic mass is 10.0. The van der Waals surface area contributed by atoms with Crippen LogP contribution in [0.4, 0.5) is 10.1 Å². The van der Waals surface area contributed by atoms with Crippen LogP contribution in [0.1, 0.15) is 0 Å². The Hall–Kier alpha value is -1.25. The first kappa shape index (κ1) is 11.2. The summed E-state index contributed by atoms with van der Waals surface area (Å²) in [6.45, 7) is 0. The maximum absolute atomic E-state index is 13.2. The number of nitrogen functional groups attached to an aromatic ring is 1. The number of benzene rings is 2. The molecule has 0 aliphatic rings. The summed E-state index contributed by atoms with van der Waals surface area (Å²) >= 11 is 11.6. The molecule has 0 amide bonds. The van der Waals surface area contributed by atoms with E-state index in [-0.39, 0.29) is 0 Å². The first-order valence-electron chi connectivity index (χ1n) is 4.58. The highest BCUT2D eigenvalue weighted by Crippen LogP contribution is 2.30. The van der Waals surface area contributed by atoms with Gasteiger partial charge >= 0.3 is 0 Å². The lowest BCUT2D eigenvalue weighted by molar-refractivity contribution is 0.628. The molecular formula is C12H8Cl2FN. The largest absolute Gasteiger partial charge is 0.398 e. The van der Waals surface area contributed by atoms with E-state index in [4.69, 9.17) is 28.9 Å². The molecule has 0 aromatic heterocycles. The number of hydrogen-bond acceptors (Lipinski definition) is 1. The van der Waals surface area contributed by atoms with Crippen LogP contribution in [0.3, 0.4) is 0 Å². The van der Waals surface area contributed by atoms with Gasteiger partial charge in [-0.3, -0.25) is 0 Å². The second-order valence-corrected chi connectivity index (χ2v) is 4.26. The van der Waals surface area contributed by atoms with Crippen LogP contribution < -0.4 is 5.73 Å². The zero-order valence-electron chi connectivity index (χ0n) is 8.18. The average molecular weight is 256 g/mol. The first-order chi connectivity index (χ1) is 7.56. The molecule has 2 N–H and O–H groups in total. The van der Waals surface area contributed by atoms with E-state index in [0.29, 0.717) is 26.9 Å². The zero-order valence-corrected chi connectivity index (χ0v) is 9.69. The van der Waals surface area contributed by atoms with Crippen LogP contribution in [-0.2, 0) is 0 Å². The summed E-state index contributed by atoms with van der Waals surface area (Å²) in [5, 5.41) is 0.883. The number of rotatable bonds is 1. The molecule has 16 heavy (non-hydrogen) atoms. The minimum absolute atomic E-state index is 0.337. The molecule has 0 aliphatic heterocycles. The van der Waals surface area contributed by atoms with E-state index in [1.165, 1.54) is 12.1 Å². The smallest absolute Gasteiger partial charge is 0.125 e. The number of halogens is 3. The monoisotopic (exact) mass is 255 g/mol. The summed E-state index contributed by atoms with van der Waals surface area (Å²) in [4.78, 5) is 0. The quantitative estimate of drug-likeness (QED) is 0.752. The predicted molar refractivity (Wildman–Crippen MR) is 66.3 cm³/mol. The molecule has 1 nitrogen and oxygen atoms in total. The third kappa shape index (κ3) is 2.29. The highest BCUT2D eigenvalue weighted by molar-refractivity contribution is 6.31. The number of hydrogen-bond donors (Lipinski definition) is 1. The molecule has 0 atom stereocenters. The van der Waals surface area contributed by atoms with Crippen LogP contribution in [-0.4, -0.2) is 0 Å². The molecule has 2 aromatic carbocycles. The van der Waals surface area contributed by atoms with Gasteiger partial charge in [-0.15, -0.1) is 0 Å². The molecule has 82 valence electrons. The molecule has 0 saturated carbocycles. The van der Waals surface area contributed by atoms with Gasteiger partial charge in [0, 0.05) is 21.3 Å². The van der Waals surface area contributed by atoms with Gasteiger partial charge < -0.3 is 5.73 Å². The summed E-state index contributed by atoms with van der Waals surface area (Å²) in [7, 11) is 0. The maximum Gasteiger partial charge on any atom is 0.125 e. The van der Waals surface area contributed by atoms with E-state index in [1.807, 2.05) is 0 Å². The molecule has 0 heterocycles. The Morgan fingerprint density at radius 1 is 0.938 bits per heavy atom. The Morgan fingerprint density at radius 2 is 1.69 bits per heavy atom. The van der Waals surface area contributed by atoms with Crippen LogP contribution in [0.2, 0.25) is 10.0 Å². The van der Waals surface area contributed by atoms with Crippen molar-refractivity contribution in [1.29, 1.82) is 0 Å². The second kappa shape index (κ2) is 4.32. The van der Waals surface area contributed by atoms with E-state index >= 15 is 0 Å². The normalized spacial score (nSPS) is 10.4. The Kier molecular flexibility index (Phi) is 3.03. The molecule has 0 saturated heterocycles. The minimum atomic E-state index is -0.392. The third-order valence-electron chi connectivity index (χ3n) is 2.19. The highest BCUT2D eigenvalue weighted by Gasteiger charge is 2.06. The van der Waals surface area contributed by atoms with E-state index in [2.05, 4.69) is 0 Å². The first-order valence-corrected chi connectivity index (χ1v) is 5.33. The lowest BCUT2D eigenvalue weighted by Gasteiger charge is -2.07. The van der Waals surface area contributed by atoms with E-state index in [0.717, 1.165) is 0 Å². The molecule has 0 radical (unpaired) electrons. The summed E-state index contributed by atoms with van der Waals surface area (Å²) in [5.41, 5.74) is 7.65. The molecule has 0 bridgehead atoms. The summed E-state index contributed by atoms with van der Waals surface area (Å²) < 4.78 is 13.2. The van der Waals surface area contributed by atoms with Crippen molar-refractivity contribution in [2.45, 2.75) is 0 Å². The summed E-state index contributed by atoms with van der Waals surface area (Å²) in [5.74, 6) is -0.392. The third-order valence-corrected chi connectivity index (χ3v) is 2.64. The molecule has 4 heteroatoms. The molecule has 2 aromatic rings. The molecule has 0 unspecified atom stereocenters. The zero-order chi connectivity index (χ0) is 11.7. The van der Waals surface area contributed by atoms with Crippen molar-refractivity contribution in [3.05, 3.63) is 52.3 Å². The fraction of sp³-hybridized carbons (Fsp3) is 0. The minimum Gasteiger partial charge on any atom is -0.398 e. The van der Waals surface area contributed by atoms with Gasteiger partial charge in [0.15, 0.2) is 0 Å². The van der Waals surface area contributed by atoms with Gasteiger partial charge in [0.25, 0.3) is 0 Å². The van der Waals surface area contributed by atoms with Crippen LogP contribution in [0.25, 0.3) is 11.1 Å². The van der Waals surface area contributed by atoms with Gasteiger partial charge in [-0.25, -0.2) is 4.39 Å². The van der Waals surface area contributed by atoms with Crippen molar-refractivity contribution < 1.29 is 4.39 Å². The van der Waals surface area contributed by atoms with Gasteiger partial charge in [0.2, 0.25) is 0 Å². The van der Waals surface area contributed by atoms with Crippen LogP contribution >= 0.6 is 23.2 Å². The van der Waals surface area contributed by atoms with E-state index < -0.39 is 5.82 Å². The second-order valence-electron chi connectivity index (χ2n) is 3.39. The van der Waals surface area contributed by atoms with Gasteiger partial charge in [-0.05, 0) is 35.9 Å². The fourth-order valence-electron chi connectivity index (χ4n) is 1.51. The van der Waals surface area contributed by atoms with E-state index in [9.17, 15) is 4.39 Å². The summed E-state index contributed by atoms with van der Waals surface area (Å²) in [6, 6.07) is 9.34. The SMILES string of the molecule is Nc1cc(Cl)ccc1-c1cc(F)cc(Cl)c1. The van der Waals surface area contributed by atoms with E-state index in [1.54, 1.807) is 24.3 Å². The van der Waals surface area contributed by atoms with Gasteiger partial charge in [0.05, 0.1) is 0 Å². The van der Waals surface area contributed by atoms with Crippen molar-refractivity contribution in [3.63, 3.8) is 0 Å². The summed E-state index contributed by atoms with van der Waals surface area (Å²) in [6.07, 6.45) is 0. The Bertz CT molecular complexity index is 520. The van der Waals surface area contributed by atoms with Crippen molar-refractivity contribution >= 4 is 28.9 Å². The fourth-order valence-corrected chi connectivity index (χ4v) is 1.91. The van der Waals surface area contributed by atoms with Gasteiger partial charge in [-0.1, -0.05) is 29.3 Å². The Balaban J connectivity index is 2.58. The molecule has 0 fully saturated rings. The van der Waals surface area contributed by atoms with Gasteiger partial charge in [-0.2, -0.15) is 0 Å². The molecular weight excluding hydrogens is 248 g/mol. The highest BCUT2D eigenvalue weighted by atomic mass is 35.5. The van der Waals surface area contributed by atoms with Crippen LogP contribution in [0, 0.1) is 5.82 Å². The number of anilines is 1. The molecule has 0 aliphatic carbocycles. The topological polar surface area (TPSA) is 26.0 Å². The Morgan fingerprint density at radius 3 is 2.31 bits per heavy atom. The van der Waals surface area contributed by atoms with Crippen molar-refractivity contribution in [2.24, 2.45) is 0 Å². The van der Waals surface area contributed by atoms with Gasteiger partial charge in [0.1, 0.15) is 5.82 Å². The van der Waals surface area contributed by atoms with Crippen molar-refractivity contribution in [3.8, 4) is 11.1 Å². The standard InChI is InChI=1S/C12H8Cl2FN/c13-8-1-2-11(12(16)6-8)7-3-9(14)5-10(15)4-7/h1-6H,16H2. The van der Waals surface area contributed by atoms with Crippen molar-refractivity contribution in [1.82, 2.24) is 0 Å². The van der Waals surface area contributed by atoms with Crippen LogP contribution in [0.5, 0.6) is 0 Å². The molecule has 0 spiro atoms. The lowest BCUT2D eigenvalue weighted by Crippen LogP contribution is -1.90. The molecule has 2 rings (SSSR count). The maximum atomic E-state index is 13.2. The number of nitrogens with two attached hydrogens (primary N) is 1. The average Bonchev–Trinajstić information content (AvgIpc) is 2.15.